The molecule has 5 rings (SSSR count). The topological polar surface area (TPSA) is 148 Å². The Labute approximate surface area is 283 Å². The molecule has 0 spiro atoms. The van der Waals surface area contributed by atoms with Crippen molar-refractivity contribution in [2.45, 2.75) is 46.0 Å². The van der Waals surface area contributed by atoms with Crippen LogP contribution >= 0.6 is 7.52 Å². The Morgan fingerprint density at radius 1 is 1.10 bits per heavy atom. The van der Waals surface area contributed by atoms with Gasteiger partial charge in [0.15, 0.2) is 5.75 Å². The molecule has 1 aliphatic heterocycles. The van der Waals surface area contributed by atoms with E-state index in [0.717, 1.165) is 0 Å². The van der Waals surface area contributed by atoms with Crippen molar-refractivity contribution in [2.24, 2.45) is 0 Å². The summed E-state index contributed by atoms with van der Waals surface area (Å²) < 4.78 is 44.2. The van der Waals surface area contributed by atoms with Crippen molar-refractivity contribution in [1.29, 1.82) is 0 Å². The molecule has 3 aromatic carbocycles. The molecule has 258 valence electrons. The van der Waals surface area contributed by atoms with Gasteiger partial charge in [-0.1, -0.05) is 36.4 Å². The second-order valence-corrected chi connectivity index (χ2v) is 13.8. The number of aromatic hydroxyl groups is 1. The Hall–Kier alpha value is -4.84. The standard InChI is InChI=1S/C35H38FN4O8P/c1-5-46-35(44)23(3)38-49(45,48-26-10-7-6-8-11-26)21-47-22(2)18-39(4)33(42)29-27-12-9-17-37-31(27)32(41)30-28(29)20-40(34(30)43)19-24-13-15-25(36)16-14-24/h6-17,22-23,41H,5,18-21H2,1-4H3,(H,38,45)/t22-,23-,49?/m1/s1. The number of rotatable bonds is 14. The smallest absolute Gasteiger partial charge is 0.342 e. The van der Waals surface area contributed by atoms with Gasteiger partial charge in [-0.05, 0) is 56.7 Å². The average Bonchev–Trinajstić information content (AvgIpc) is 3.40. The molecule has 0 saturated carbocycles. The van der Waals surface area contributed by atoms with Gasteiger partial charge in [0.1, 0.15) is 29.5 Å². The molecule has 49 heavy (non-hydrogen) atoms. The molecule has 1 aromatic heterocycles. The summed E-state index contributed by atoms with van der Waals surface area (Å²) in [5, 5.41) is 14.3. The van der Waals surface area contributed by atoms with Crippen molar-refractivity contribution >= 4 is 36.2 Å². The zero-order valence-corrected chi connectivity index (χ0v) is 28.5. The number of nitrogens with zero attached hydrogens (tertiary/aromatic N) is 3. The Kier molecular flexibility index (Phi) is 11.0. The number of hydrogen-bond donors (Lipinski definition) is 2. The summed E-state index contributed by atoms with van der Waals surface area (Å²) in [5.74, 6) is -1.93. The van der Waals surface area contributed by atoms with E-state index in [2.05, 4.69) is 10.1 Å². The summed E-state index contributed by atoms with van der Waals surface area (Å²) in [6.07, 6.45) is 0.376. The maximum absolute atomic E-state index is 14.1. The molecule has 0 fully saturated rings. The molecule has 4 aromatic rings. The third-order valence-electron chi connectivity index (χ3n) is 7.93. The Bertz CT molecular complexity index is 1890. The number of carbonyl (C=O) groups excluding carboxylic acids is 3. The Balaban J connectivity index is 1.35. The molecule has 0 aliphatic carbocycles. The van der Waals surface area contributed by atoms with Gasteiger partial charge in [-0.2, -0.15) is 0 Å². The molecule has 1 aliphatic rings. The highest BCUT2D eigenvalue weighted by atomic mass is 31.2. The monoisotopic (exact) mass is 692 g/mol. The van der Waals surface area contributed by atoms with Gasteiger partial charge in [-0.3, -0.25) is 23.9 Å². The van der Waals surface area contributed by atoms with Crippen LogP contribution in [0.3, 0.4) is 0 Å². The highest BCUT2D eigenvalue weighted by molar-refractivity contribution is 7.57. The third-order valence-corrected chi connectivity index (χ3v) is 9.70. The predicted molar refractivity (Wildman–Crippen MR) is 180 cm³/mol. The van der Waals surface area contributed by atoms with E-state index in [1.165, 1.54) is 35.1 Å². The average molecular weight is 693 g/mol. The number of phenolic OH excluding ortho intramolecular Hbond substituents is 1. The van der Waals surface area contributed by atoms with Gasteiger partial charge in [0.25, 0.3) is 11.8 Å². The number of amides is 2. The zero-order valence-electron chi connectivity index (χ0n) is 27.6. The van der Waals surface area contributed by atoms with Gasteiger partial charge < -0.3 is 28.9 Å². The number of likely N-dealkylation sites (N-methyl/N-ethyl adjacent to an activating group) is 1. The fourth-order valence-corrected chi connectivity index (χ4v) is 7.42. The van der Waals surface area contributed by atoms with Crippen LogP contribution < -0.4 is 9.61 Å². The third kappa shape index (κ3) is 8.07. The van der Waals surface area contributed by atoms with Crippen molar-refractivity contribution in [3.8, 4) is 11.5 Å². The lowest BCUT2D eigenvalue weighted by atomic mass is 9.95. The maximum atomic E-state index is 14.1. The minimum absolute atomic E-state index is 0.00449. The number of pyridine rings is 1. The lowest BCUT2D eigenvalue weighted by Gasteiger charge is -2.27. The highest BCUT2D eigenvalue weighted by Crippen LogP contribution is 2.44. The number of benzene rings is 3. The SMILES string of the molecule is CCOC(=O)[C@@H](C)NP(=O)(CO[C@H](C)CN(C)C(=O)c1c2c(c(O)c3ncccc13)C(=O)N(Cc1ccc(F)cc1)C2)Oc1ccccc1. The van der Waals surface area contributed by atoms with Gasteiger partial charge in [0.2, 0.25) is 0 Å². The molecule has 1 unspecified atom stereocenters. The van der Waals surface area contributed by atoms with E-state index in [9.17, 15) is 28.4 Å². The number of esters is 1. The van der Waals surface area contributed by atoms with E-state index in [-0.39, 0.29) is 48.6 Å². The number of nitrogens with one attached hydrogen (secondary N) is 1. The van der Waals surface area contributed by atoms with E-state index in [4.69, 9.17) is 14.0 Å². The minimum atomic E-state index is -3.83. The molecule has 0 radical (unpaired) electrons. The van der Waals surface area contributed by atoms with Crippen LogP contribution in [-0.2, 0) is 31.9 Å². The maximum Gasteiger partial charge on any atom is 0.342 e. The van der Waals surface area contributed by atoms with E-state index < -0.39 is 49.6 Å². The van der Waals surface area contributed by atoms with E-state index in [1.54, 1.807) is 75.5 Å². The van der Waals surface area contributed by atoms with Crippen LogP contribution in [0, 0.1) is 5.82 Å². The fourth-order valence-electron chi connectivity index (χ4n) is 5.63. The molecule has 14 heteroatoms. The number of ether oxygens (including phenoxy) is 2. The van der Waals surface area contributed by atoms with Crippen LogP contribution in [0.15, 0.2) is 72.9 Å². The molecular formula is C35H38FN4O8P. The fraction of sp³-hybridized carbons (Fsp3) is 0.314. The quantitative estimate of drug-likeness (QED) is 0.129. The number of fused-ring (bicyclic) bond motifs is 2. The van der Waals surface area contributed by atoms with Crippen LogP contribution in [0.1, 0.15) is 52.6 Å². The van der Waals surface area contributed by atoms with Crippen molar-refractivity contribution in [3.63, 3.8) is 0 Å². The summed E-state index contributed by atoms with van der Waals surface area (Å²) in [6.45, 7) is 5.24. The van der Waals surface area contributed by atoms with Gasteiger partial charge in [0.05, 0.1) is 23.8 Å². The normalized spacial score (nSPS) is 15.0. The second-order valence-electron chi connectivity index (χ2n) is 11.7. The number of halogens is 1. The van der Waals surface area contributed by atoms with Crippen molar-refractivity contribution in [3.05, 3.63) is 101 Å². The van der Waals surface area contributed by atoms with Crippen LogP contribution in [0.25, 0.3) is 10.9 Å². The van der Waals surface area contributed by atoms with E-state index in [1.807, 2.05) is 0 Å². The Morgan fingerprint density at radius 2 is 1.82 bits per heavy atom. The second kappa shape index (κ2) is 15.1. The van der Waals surface area contributed by atoms with Crippen molar-refractivity contribution in [1.82, 2.24) is 19.9 Å². The molecule has 2 N–H and O–H groups in total. The van der Waals surface area contributed by atoms with Gasteiger partial charge in [0, 0.05) is 43.8 Å². The van der Waals surface area contributed by atoms with Gasteiger partial charge in [-0.25, -0.2) is 9.48 Å². The first-order chi connectivity index (χ1) is 23.4. The molecule has 0 saturated heterocycles. The summed E-state index contributed by atoms with van der Waals surface area (Å²) in [5.41, 5.74) is 1.35. The Morgan fingerprint density at radius 3 is 2.51 bits per heavy atom. The summed E-state index contributed by atoms with van der Waals surface area (Å²) in [7, 11) is -2.26. The first-order valence-electron chi connectivity index (χ1n) is 15.7. The lowest BCUT2D eigenvalue weighted by Crippen LogP contribution is -2.37. The molecule has 0 bridgehead atoms. The van der Waals surface area contributed by atoms with E-state index >= 15 is 0 Å². The number of phenols is 1. The number of para-hydroxylation sites is 1. The zero-order chi connectivity index (χ0) is 35.3. The van der Waals surface area contributed by atoms with Crippen LogP contribution in [-0.4, -0.2) is 76.4 Å². The number of aromatic nitrogens is 1. The van der Waals surface area contributed by atoms with E-state index in [0.29, 0.717) is 22.3 Å². The largest absolute Gasteiger partial charge is 0.505 e. The van der Waals surface area contributed by atoms with Crippen molar-refractivity contribution < 1.29 is 42.4 Å². The summed E-state index contributed by atoms with van der Waals surface area (Å²) >= 11 is 0. The number of carbonyl (C=O) groups is 3. The summed E-state index contributed by atoms with van der Waals surface area (Å²) in [6, 6.07) is 16.5. The minimum Gasteiger partial charge on any atom is -0.505 e. The highest BCUT2D eigenvalue weighted by Gasteiger charge is 2.38. The molecule has 2 amide bonds. The van der Waals surface area contributed by atoms with Gasteiger partial charge in [-0.15, -0.1) is 0 Å². The molecule has 12 nitrogen and oxygen atoms in total. The first-order valence-corrected chi connectivity index (χ1v) is 17.5. The first kappa shape index (κ1) is 35.5. The molecular weight excluding hydrogens is 654 g/mol. The van der Waals surface area contributed by atoms with Crippen molar-refractivity contribution in [2.75, 3.05) is 26.5 Å². The molecule has 2 heterocycles. The molecule has 3 atom stereocenters. The predicted octanol–water partition coefficient (Wildman–Crippen LogP) is 5.48. The van der Waals surface area contributed by atoms with Crippen LogP contribution in [0.2, 0.25) is 0 Å². The number of hydrogen-bond acceptors (Lipinski definition) is 9. The van der Waals surface area contributed by atoms with Crippen LogP contribution in [0.4, 0.5) is 4.39 Å². The van der Waals surface area contributed by atoms with Crippen LogP contribution in [0.5, 0.6) is 11.5 Å². The lowest BCUT2D eigenvalue weighted by molar-refractivity contribution is -0.144. The summed E-state index contributed by atoms with van der Waals surface area (Å²) in [4.78, 5) is 47.2. The van der Waals surface area contributed by atoms with Gasteiger partial charge >= 0.3 is 13.5 Å².